The van der Waals surface area contributed by atoms with Gasteiger partial charge in [0.2, 0.25) is 0 Å². The summed E-state index contributed by atoms with van der Waals surface area (Å²) in [6.45, 7) is 6.60. The van der Waals surface area contributed by atoms with E-state index in [1.807, 2.05) is 41.7 Å². The van der Waals surface area contributed by atoms with Crippen molar-refractivity contribution in [2.45, 2.75) is 38.9 Å². The average Bonchev–Trinajstić information content (AvgIpc) is 3.77. The summed E-state index contributed by atoms with van der Waals surface area (Å²) in [6.07, 6.45) is 9.65. The van der Waals surface area contributed by atoms with Crippen LogP contribution in [-0.2, 0) is 24.4 Å². The summed E-state index contributed by atoms with van der Waals surface area (Å²) in [5.74, 6) is -0.171. The third kappa shape index (κ3) is 5.41. The normalized spacial score (nSPS) is 21.4. The molecule has 2 amide bonds. The molecule has 1 spiro atoms. The molecule has 1 aromatic carbocycles. The fourth-order valence-electron chi connectivity index (χ4n) is 5.88. The van der Waals surface area contributed by atoms with E-state index >= 15 is 0 Å². The van der Waals surface area contributed by atoms with Crippen LogP contribution < -0.4 is 0 Å². The third-order valence-electron chi connectivity index (χ3n) is 7.85. The molecular formula is C29H32N6O2S. The predicted octanol–water partition coefficient (Wildman–Crippen LogP) is 4.10. The van der Waals surface area contributed by atoms with Gasteiger partial charge in [0.15, 0.2) is 0 Å². The number of aliphatic imine (C=N–C) groups is 1. The van der Waals surface area contributed by atoms with Crippen molar-refractivity contribution in [2.24, 2.45) is 10.4 Å². The molecule has 1 N–H and O–H groups in total. The Balaban J connectivity index is 1.08. The van der Waals surface area contributed by atoms with E-state index in [-0.39, 0.29) is 18.4 Å². The first-order valence-electron chi connectivity index (χ1n) is 13.2. The molecule has 196 valence electrons. The molecule has 3 aromatic rings. The van der Waals surface area contributed by atoms with Crippen LogP contribution >= 0.6 is 11.3 Å². The second kappa shape index (κ2) is 10.8. The third-order valence-corrected chi connectivity index (χ3v) is 8.71. The first-order valence-corrected chi connectivity index (χ1v) is 14.1. The van der Waals surface area contributed by atoms with Crippen LogP contribution in [0.5, 0.6) is 0 Å². The number of nitrogens with one attached hydrogen (secondary N) is 1. The highest BCUT2D eigenvalue weighted by Crippen LogP contribution is 2.40. The number of imidazole rings is 1. The Kier molecular flexibility index (Phi) is 7.06. The zero-order valence-electron chi connectivity index (χ0n) is 21.4. The van der Waals surface area contributed by atoms with Gasteiger partial charge in [0, 0.05) is 61.6 Å². The highest BCUT2D eigenvalue weighted by Gasteiger charge is 2.43. The number of imide groups is 1. The lowest BCUT2D eigenvalue weighted by atomic mass is 9.86. The number of benzene rings is 1. The summed E-state index contributed by atoms with van der Waals surface area (Å²) in [5.41, 5.74) is 2.43. The number of aromatic amines is 1. The van der Waals surface area contributed by atoms with Gasteiger partial charge >= 0.3 is 0 Å². The van der Waals surface area contributed by atoms with Gasteiger partial charge in [-0.15, -0.1) is 11.3 Å². The van der Waals surface area contributed by atoms with Gasteiger partial charge in [-0.1, -0.05) is 24.3 Å². The van der Waals surface area contributed by atoms with E-state index in [9.17, 15) is 9.59 Å². The lowest BCUT2D eigenvalue weighted by molar-refractivity contribution is -0.122. The van der Waals surface area contributed by atoms with Crippen molar-refractivity contribution in [3.8, 4) is 0 Å². The van der Waals surface area contributed by atoms with Gasteiger partial charge in [-0.25, -0.2) is 4.98 Å². The van der Waals surface area contributed by atoms with E-state index in [2.05, 4.69) is 42.3 Å². The zero-order chi connectivity index (χ0) is 26.0. The molecule has 3 aliphatic heterocycles. The van der Waals surface area contributed by atoms with E-state index in [0.29, 0.717) is 28.9 Å². The van der Waals surface area contributed by atoms with Crippen LogP contribution in [0.15, 0.2) is 71.4 Å². The average molecular weight is 529 g/mol. The Morgan fingerprint density at radius 2 is 1.82 bits per heavy atom. The quantitative estimate of drug-likeness (QED) is 0.445. The van der Waals surface area contributed by atoms with Crippen molar-refractivity contribution in [1.29, 1.82) is 0 Å². The van der Waals surface area contributed by atoms with Gasteiger partial charge in [-0.3, -0.25) is 29.3 Å². The van der Waals surface area contributed by atoms with Crippen molar-refractivity contribution >= 4 is 28.9 Å². The van der Waals surface area contributed by atoms with E-state index in [4.69, 9.17) is 0 Å². The van der Waals surface area contributed by atoms with Crippen molar-refractivity contribution in [2.75, 3.05) is 26.2 Å². The highest BCUT2D eigenvalue weighted by atomic mass is 32.1. The molecule has 9 heteroatoms. The summed E-state index contributed by atoms with van der Waals surface area (Å²) in [6, 6.07) is 12.1. The number of hydrogen-bond acceptors (Lipinski definition) is 7. The van der Waals surface area contributed by atoms with E-state index in [1.165, 1.54) is 41.3 Å². The minimum atomic E-state index is -0.382. The number of rotatable bonds is 8. The number of carbonyl (C=O) groups excluding carboxylic acids is 2. The minimum absolute atomic E-state index is 0.0742. The molecule has 1 atom stereocenters. The molecule has 1 unspecified atom stereocenters. The van der Waals surface area contributed by atoms with Crippen LogP contribution in [0.2, 0.25) is 0 Å². The molecule has 0 bridgehead atoms. The van der Waals surface area contributed by atoms with Gasteiger partial charge in [-0.2, -0.15) is 0 Å². The first-order chi connectivity index (χ1) is 18.6. The summed E-state index contributed by atoms with van der Waals surface area (Å²) >= 11 is 1.85. The lowest BCUT2D eigenvalue weighted by Crippen LogP contribution is -2.40. The number of thiophene rings is 1. The molecule has 0 radical (unpaired) electrons. The molecule has 0 saturated carbocycles. The summed E-state index contributed by atoms with van der Waals surface area (Å²) in [4.78, 5) is 45.7. The van der Waals surface area contributed by atoms with Gasteiger partial charge < -0.3 is 4.98 Å². The number of H-pyrrole nitrogens is 1. The number of hydrogen-bond donors (Lipinski definition) is 1. The zero-order valence-corrected chi connectivity index (χ0v) is 22.2. The van der Waals surface area contributed by atoms with Crippen LogP contribution in [0.3, 0.4) is 0 Å². The SMILES string of the molecule is O=C(C1=NC=CC1)N(Cc1ncc[nH]1)C(=O)c1ccc(CN2CCC3(CCN(Cc4cccs4)C3)C2)cc1. The van der Waals surface area contributed by atoms with Gasteiger partial charge in [0.25, 0.3) is 11.8 Å². The monoisotopic (exact) mass is 528 g/mol. The van der Waals surface area contributed by atoms with Gasteiger partial charge in [0.05, 0.1) is 6.54 Å². The molecule has 3 aliphatic rings. The minimum Gasteiger partial charge on any atom is -0.347 e. The second-order valence-corrected chi connectivity index (χ2v) is 11.6. The molecule has 8 nitrogen and oxygen atoms in total. The number of aromatic nitrogens is 2. The van der Waals surface area contributed by atoms with Crippen molar-refractivity contribution in [3.63, 3.8) is 0 Å². The molecule has 2 saturated heterocycles. The van der Waals surface area contributed by atoms with Crippen LogP contribution in [-0.4, -0.2) is 68.4 Å². The smallest absolute Gasteiger partial charge is 0.275 e. The Morgan fingerprint density at radius 1 is 1.03 bits per heavy atom. The summed E-state index contributed by atoms with van der Waals surface area (Å²) < 4.78 is 0. The number of amides is 2. The maximum Gasteiger partial charge on any atom is 0.275 e. The fraction of sp³-hybridized carbons (Fsp3) is 0.379. The number of nitrogens with zero attached hydrogens (tertiary/aromatic N) is 5. The molecule has 5 heterocycles. The second-order valence-electron chi connectivity index (χ2n) is 10.6. The topological polar surface area (TPSA) is 84.9 Å². The largest absolute Gasteiger partial charge is 0.347 e. The first kappa shape index (κ1) is 24.9. The van der Waals surface area contributed by atoms with E-state index in [0.717, 1.165) is 26.2 Å². The molecule has 6 rings (SSSR count). The number of likely N-dealkylation sites (tertiary alicyclic amines) is 2. The number of allylic oxidation sites excluding steroid dienone is 1. The summed E-state index contributed by atoms with van der Waals surface area (Å²) in [7, 11) is 0. The fourth-order valence-corrected chi connectivity index (χ4v) is 6.62. The van der Waals surface area contributed by atoms with Crippen LogP contribution in [0.1, 0.15) is 45.9 Å². The van der Waals surface area contributed by atoms with Crippen molar-refractivity contribution in [3.05, 3.63) is 88.3 Å². The maximum atomic E-state index is 13.4. The van der Waals surface area contributed by atoms with Gasteiger partial charge in [-0.05, 0) is 60.5 Å². The van der Waals surface area contributed by atoms with Crippen LogP contribution in [0.25, 0.3) is 0 Å². The van der Waals surface area contributed by atoms with E-state index < -0.39 is 0 Å². The van der Waals surface area contributed by atoms with Gasteiger partial charge in [0.1, 0.15) is 11.5 Å². The van der Waals surface area contributed by atoms with E-state index in [1.54, 1.807) is 18.6 Å². The Bertz CT molecular complexity index is 1330. The maximum absolute atomic E-state index is 13.4. The Morgan fingerprint density at radius 3 is 2.47 bits per heavy atom. The van der Waals surface area contributed by atoms with Crippen molar-refractivity contribution < 1.29 is 9.59 Å². The molecular weight excluding hydrogens is 496 g/mol. The van der Waals surface area contributed by atoms with Crippen LogP contribution in [0, 0.1) is 5.41 Å². The molecule has 38 heavy (non-hydrogen) atoms. The highest BCUT2D eigenvalue weighted by molar-refractivity contribution is 7.09. The Labute approximate surface area is 226 Å². The standard InChI is InChI=1S/C29H32N6O2S/c36-27(35(19-26-31-12-13-32-26)28(37)25-4-1-11-30-25)23-7-5-22(6-8-23)17-33-14-9-29(20-33)10-15-34(21-29)18-24-3-2-16-38-24/h1-3,5-8,11-13,16H,4,9-10,14-15,17-21H2,(H,31,32). The molecule has 2 aromatic heterocycles. The number of carbonyl (C=O) groups is 2. The van der Waals surface area contributed by atoms with Crippen LogP contribution in [0.4, 0.5) is 0 Å². The molecule has 0 aliphatic carbocycles. The summed E-state index contributed by atoms with van der Waals surface area (Å²) in [5, 5.41) is 2.16. The van der Waals surface area contributed by atoms with Crippen molar-refractivity contribution in [1.82, 2.24) is 24.7 Å². The predicted molar refractivity (Wildman–Crippen MR) is 148 cm³/mol. The molecule has 2 fully saturated rings. The lowest BCUT2D eigenvalue weighted by Gasteiger charge is -2.25. The Hall–Kier alpha value is -3.40.